The number of carbonyl (C=O) groups is 1. The van der Waals surface area contributed by atoms with E-state index in [1.54, 1.807) is 11.9 Å². The van der Waals surface area contributed by atoms with E-state index in [4.69, 9.17) is 5.73 Å². The largest absolute Gasteiger partial charge is 0.399 e. The minimum absolute atomic E-state index is 0.0226. The predicted octanol–water partition coefficient (Wildman–Crippen LogP) is 1.53. The monoisotopic (exact) mass is 219 g/mol. The summed E-state index contributed by atoms with van der Waals surface area (Å²) in [5, 5.41) is 3.02. The number of nitrogens with one attached hydrogen (secondary N) is 1. The van der Waals surface area contributed by atoms with Crippen LogP contribution >= 0.6 is 0 Å². The van der Waals surface area contributed by atoms with E-state index >= 15 is 0 Å². The van der Waals surface area contributed by atoms with Crippen molar-refractivity contribution >= 4 is 11.7 Å². The Morgan fingerprint density at radius 1 is 1.38 bits per heavy atom. The van der Waals surface area contributed by atoms with Gasteiger partial charge < -0.3 is 16.0 Å². The smallest absolute Gasteiger partial charge is 0.317 e. The zero-order valence-electron chi connectivity index (χ0n) is 9.66. The molecule has 86 valence electrons. The maximum atomic E-state index is 11.6. The molecule has 1 saturated heterocycles. The number of benzene rings is 1. The Hall–Kier alpha value is -1.71. The van der Waals surface area contributed by atoms with E-state index in [0.29, 0.717) is 0 Å². The molecule has 2 amide bonds. The van der Waals surface area contributed by atoms with Crippen LogP contribution in [0.25, 0.3) is 0 Å². The lowest BCUT2D eigenvalue weighted by Crippen LogP contribution is -2.55. The Morgan fingerprint density at radius 3 is 2.56 bits per heavy atom. The van der Waals surface area contributed by atoms with E-state index in [-0.39, 0.29) is 11.6 Å². The third kappa shape index (κ3) is 1.83. The first kappa shape index (κ1) is 10.8. The summed E-state index contributed by atoms with van der Waals surface area (Å²) in [6.07, 6.45) is 0.902. The molecule has 1 aliphatic rings. The molecule has 1 heterocycles. The molecule has 1 fully saturated rings. The molecule has 0 aromatic heterocycles. The van der Waals surface area contributed by atoms with Crippen molar-refractivity contribution in [2.45, 2.75) is 18.9 Å². The highest BCUT2D eigenvalue weighted by molar-refractivity contribution is 5.76. The summed E-state index contributed by atoms with van der Waals surface area (Å²) in [7, 11) is 1.80. The summed E-state index contributed by atoms with van der Waals surface area (Å²) < 4.78 is 0. The van der Waals surface area contributed by atoms with Crippen molar-refractivity contribution in [1.29, 1.82) is 0 Å². The summed E-state index contributed by atoms with van der Waals surface area (Å²) in [6, 6.07) is 7.66. The third-order valence-corrected chi connectivity index (χ3v) is 3.22. The summed E-state index contributed by atoms with van der Waals surface area (Å²) in [5.74, 6) is 0. The van der Waals surface area contributed by atoms with Gasteiger partial charge in [-0.2, -0.15) is 0 Å². The molecule has 2 rings (SSSR count). The van der Waals surface area contributed by atoms with Crippen LogP contribution < -0.4 is 11.1 Å². The molecule has 0 radical (unpaired) electrons. The van der Waals surface area contributed by atoms with Gasteiger partial charge in [0.15, 0.2) is 0 Å². The van der Waals surface area contributed by atoms with E-state index in [0.717, 1.165) is 24.2 Å². The summed E-state index contributed by atoms with van der Waals surface area (Å²) >= 11 is 0. The van der Waals surface area contributed by atoms with Gasteiger partial charge >= 0.3 is 6.03 Å². The average molecular weight is 219 g/mol. The first-order valence-corrected chi connectivity index (χ1v) is 5.40. The number of rotatable bonds is 1. The van der Waals surface area contributed by atoms with Gasteiger partial charge in [0.25, 0.3) is 0 Å². The van der Waals surface area contributed by atoms with Crippen LogP contribution in [-0.4, -0.2) is 24.5 Å². The molecule has 0 spiro atoms. The van der Waals surface area contributed by atoms with Crippen molar-refractivity contribution in [2.24, 2.45) is 0 Å². The quantitative estimate of drug-likeness (QED) is 0.704. The van der Waals surface area contributed by atoms with Gasteiger partial charge in [-0.3, -0.25) is 0 Å². The second-order valence-electron chi connectivity index (χ2n) is 4.56. The zero-order valence-corrected chi connectivity index (χ0v) is 9.66. The lowest BCUT2D eigenvalue weighted by atomic mass is 9.87. The molecule has 1 aromatic carbocycles. The Balaban J connectivity index is 2.25. The van der Waals surface area contributed by atoms with Gasteiger partial charge in [-0.1, -0.05) is 12.1 Å². The van der Waals surface area contributed by atoms with E-state index in [2.05, 4.69) is 5.32 Å². The molecular formula is C12H17N3O. The second-order valence-corrected chi connectivity index (χ2v) is 4.56. The molecule has 1 atom stereocenters. The molecule has 1 unspecified atom stereocenters. The number of carbonyl (C=O) groups excluding carboxylic acids is 1. The second kappa shape index (κ2) is 3.70. The zero-order chi connectivity index (χ0) is 11.8. The predicted molar refractivity (Wildman–Crippen MR) is 64.0 cm³/mol. The summed E-state index contributed by atoms with van der Waals surface area (Å²) in [6.45, 7) is 2.82. The minimum atomic E-state index is -0.280. The average Bonchev–Trinajstić information content (AvgIpc) is 2.25. The molecular weight excluding hydrogens is 202 g/mol. The number of nitrogens with two attached hydrogens (primary N) is 1. The van der Waals surface area contributed by atoms with E-state index in [1.807, 2.05) is 31.2 Å². The highest BCUT2D eigenvalue weighted by atomic mass is 16.2. The van der Waals surface area contributed by atoms with E-state index in [9.17, 15) is 4.79 Å². The van der Waals surface area contributed by atoms with Crippen LogP contribution in [0.3, 0.4) is 0 Å². The molecule has 4 heteroatoms. The van der Waals surface area contributed by atoms with Gasteiger partial charge in [-0.15, -0.1) is 0 Å². The van der Waals surface area contributed by atoms with Crippen molar-refractivity contribution in [3.05, 3.63) is 29.8 Å². The van der Waals surface area contributed by atoms with Gasteiger partial charge in [0.1, 0.15) is 0 Å². The lowest BCUT2D eigenvalue weighted by molar-refractivity contribution is 0.164. The molecule has 1 aromatic rings. The minimum Gasteiger partial charge on any atom is -0.399 e. The molecule has 16 heavy (non-hydrogen) atoms. The fourth-order valence-corrected chi connectivity index (χ4v) is 1.95. The maximum absolute atomic E-state index is 11.6. The summed E-state index contributed by atoms with van der Waals surface area (Å²) in [4.78, 5) is 13.3. The standard InChI is InChI=1S/C12H17N3O/c1-12(7-8-15(2)11(16)14-12)9-3-5-10(13)6-4-9/h3-6H,7-8,13H2,1-2H3,(H,14,16). The van der Waals surface area contributed by atoms with Crippen LogP contribution in [-0.2, 0) is 5.54 Å². The van der Waals surface area contributed by atoms with Gasteiger partial charge in [0.2, 0.25) is 0 Å². The van der Waals surface area contributed by atoms with Crippen LogP contribution in [0.4, 0.5) is 10.5 Å². The van der Waals surface area contributed by atoms with Gasteiger partial charge in [0.05, 0.1) is 5.54 Å². The van der Waals surface area contributed by atoms with Crippen LogP contribution in [0, 0.1) is 0 Å². The molecule has 1 aliphatic heterocycles. The van der Waals surface area contributed by atoms with Crippen LogP contribution in [0.15, 0.2) is 24.3 Å². The fourth-order valence-electron chi connectivity index (χ4n) is 1.95. The van der Waals surface area contributed by atoms with Crippen LogP contribution in [0.1, 0.15) is 18.9 Å². The summed E-state index contributed by atoms with van der Waals surface area (Å²) in [5.41, 5.74) is 7.22. The molecule has 0 aliphatic carbocycles. The van der Waals surface area contributed by atoms with E-state index < -0.39 is 0 Å². The van der Waals surface area contributed by atoms with Gasteiger partial charge in [0, 0.05) is 19.3 Å². The maximum Gasteiger partial charge on any atom is 0.317 e. The Kier molecular flexibility index (Phi) is 2.50. The molecule has 3 N–H and O–H groups in total. The van der Waals surface area contributed by atoms with Crippen LogP contribution in [0.5, 0.6) is 0 Å². The first-order chi connectivity index (χ1) is 7.51. The topological polar surface area (TPSA) is 58.4 Å². The SMILES string of the molecule is CN1CCC(C)(c2ccc(N)cc2)NC1=O. The highest BCUT2D eigenvalue weighted by Gasteiger charge is 2.33. The van der Waals surface area contributed by atoms with Crippen molar-refractivity contribution in [1.82, 2.24) is 10.2 Å². The Bertz CT molecular complexity index is 401. The number of hydrogen-bond acceptors (Lipinski definition) is 2. The Labute approximate surface area is 95.4 Å². The highest BCUT2D eigenvalue weighted by Crippen LogP contribution is 2.28. The first-order valence-electron chi connectivity index (χ1n) is 5.40. The van der Waals surface area contributed by atoms with Crippen LogP contribution in [0.2, 0.25) is 0 Å². The number of nitrogens with zero attached hydrogens (tertiary/aromatic N) is 1. The number of urea groups is 1. The van der Waals surface area contributed by atoms with Crippen molar-refractivity contribution < 1.29 is 4.79 Å². The molecule has 0 saturated carbocycles. The van der Waals surface area contributed by atoms with Crippen molar-refractivity contribution in [3.63, 3.8) is 0 Å². The Morgan fingerprint density at radius 2 is 2.00 bits per heavy atom. The van der Waals surface area contributed by atoms with Crippen molar-refractivity contribution in [2.75, 3.05) is 19.3 Å². The normalized spacial score (nSPS) is 25.4. The molecule has 0 bridgehead atoms. The lowest BCUT2D eigenvalue weighted by Gasteiger charge is -2.39. The third-order valence-electron chi connectivity index (χ3n) is 3.22. The number of hydrogen-bond donors (Lipinski definition) is 2. The van der Waals surface area contributed by atoms with Crippen molar-refractivity contribution in [3.8, 4) is 0 Å². The van der Waals surface area contributed by atoms with E-state index in [1.165, 1.54) is 0 Å². The van der Waals surface area contributed by atoms with Gasteiger partial charge in [-0.05, 0) is 31.0 Å². The number of amides is 2. The van der Waals surface area contributed by atoms with Gasteiger partial charge in [-0.25, -0.2) is 4.79 Å². The number of nitrogen functional groups attached to an aromatic ring is 1. The fraction of sp³-hybridized carbons (Fsp3) is 0.417. The molecule has 4 nitrogen and oxygen atoms in total. The number of anilines is 1.